The molecule has 2 amide bonds. The van der Waals surface area contributed by atoms with Crippen molar-refractivity contribution in [2.24, 2.45) is 0 Å². The number of hydrogen-bond donors (Lipinski definition) is 0. The molecular formula is C18H19N7O2. The third kappa shape index (κ3) is 2.90. The maximum Gasteiger partial charge on any atom is 0.274 e. The second-order valence-electron chi connectivity index (χ2n) is 6.61. The van der Waals surface area contributed by atoms with Crippen molar-refractivity contribution < 1.29 is 9.59 Å². The molecule has 1 atom stereocenters. The molecule has 4 rings (SSSR count). The Balaban J connectivity index is 1.73. The van der Waals surface area contributed by atoms with Crippen LogP contribution in [0.5, 0.6) is 0 Å². The highest BCUT2D eigenvalue weighted by molar-refractivity contribution is 5.99. The van der Waals surface area contributed by atoms with Gasteiger partial charge >= 0.3 is 0 Å². The Kier molecular flexibility index (Phi) is 4.27. The first kappa shape index (κ1) is 17.1. The first-order valence-electron chi connectivity index (χ1n) is 8.69. The monoisotopic (exact) mass is 365 g/mol. The summed E-state index contributed by atoms with van der Waals surface area (Å²) < 4.78 is 1.66. The highest BCUT2D eigenvalue weighted by Gasteiger charge is 2.33. The number of aromatic nitrogens is 5. The fraction of sp³-hybridized carbons (Fsp3) is 0.333. The van der Waals surface area contributed by atoms with Crippen LogP contribution in [-0.2, 0) is 0 Å². The highest BCUT2D eigenvalue weighted by Crippen LogP contribution is 2.33. The summed E-state index contributed by atoms with van der Waals surface area (Å²) in [6.45, 7) is 0.634. The number of fused-ring (bicyclic) bond motifs is 1. The lowest BCUT2D eigenvalue weighted by molar-refractivity contribution is 0.0724. The molecule has 3 aromatic rings. The number of rotatable bonds is 3. The van der Waals surface area contributed by atoms with Gasteiger partial charge in [0.2, 0.25) is 0 Å². The Morgan fingerprint density at radius 1 is 1.15 bits per heavy atom. The quantitative estimate of drug-likeness (QED) is 0.692. The lowest BCUT2D eigenvalue weighted by Crippen LogP contribution is -2.32. The average Bonchev–Trinajstić information content (AvgIpc) is 3.34. The van der Waals surface area contributed by atoms with Gasteiger partial charge in [0.25, 0.3) is 11.8 Å². The van der Waals surface area contributed by atoms with Crippen molar-refractivity contribution in [2.75, 3.05) is 20.6 Å². The summed E-state index contributed by atoms with van der Waals surface area (Å²) in [7, 11) is 3.38. The molecule has 27 heavy (non-hydrogen) atoms. The predicted octanol–water partition coefficient (Wildman–Crippen LogP) is 1.20. The normalized spacial score (nSPS) is 16.7. The molecule has 1 aliphatic heterocycles. The topological polar surface area (TPSA) is 96.6 Å². The molecule has 1 fully saturated rings. The van der Waals surface area contributed by atoms with E-state index in [1.54, 1.807) is 29.7 Å². The van der Waals surface area contributed by atoms with Gasteiger partial charge in [-0.2, -0.15) is 5.10 Å². The van der Waals surface area contributed by atoms with Crippen LogP contribution in [0.1, 0.15) is 45.4 Å². The van der Waals surface area contributed by atoms with Crippen molar-refractivity contribution in [3.8, 4) is 0 Å². The summed E-state index contributed by atoms with van der Waals surface area (Å²) in [5.41, 5.74) is 2.07. The fourth-order valence-corrected chi connectivity index (χ4v) is 3.43. The summed E-state index contributed by atoms with van der Waals surface area (Å²) in [5, 5.41) is 4.37. The Hall–Kier alpha value is -3.36. The Morgan fingerprint density at radius 3 is 2.74 bits per heavy atom. The average molecular weight is 365 g/mol. The molecule has 9 heteroatoms. The van der Waals surface area contributed by atoms with Crippen molar-refractivity contribution in [2.45, 2.75) is 18.9 Å². The number of amides is 2. The van der Waals surface area contributed by atoms with Crippen LogP contribution in [0.15, 0.2) is 37.1 Å². The van der Waals surface area contributed by atoms with Crippen LogP contribution < -0.4 is 0 Å². The summed E-state index contributed by atoms with van der Waals surface area (Å²) in [5.74, 6) is -0.319. The Bertz CT molecular complexity index is 999. The van der Waals surface area contributed by atoms with Gasteiger partial charge in [-0.05, 0) is 18.9 Å². The van der Waals surface area contributed by atoms with E-state index in [1.807, 2.05) is 6.07 Å². The van der Waals surface area contributed by atoms with E-state index >= 15 is 0 Å². The van der Waals surface area contributed by atoms with Crippen molar-refractivity contribution in [3.63, 3.8) is 0 Å². The van der Waals surface area contributed by atoms with Crippen LogP contribution in [0.2, 0.25) is 0 Å². The van der Waals surface area contributed by atoms with Crippen LogP contribution in [0.3, 0.4) is 0 Å². The minimum atomic E-state index is -0.160. The third-order valence-corrected chi connectivity index (χ3v) is 4.70. The minimum Gasteiger partial charge on any atom is -0.345 e. The molecule has 0 radical (unpaired) electrons. The second-order valence-corrected chi connectivity index (χ2v) is 6.61. The molecule has 0 aromatic carbocycles. The van der Waals surface area contributed by atoms with Gasteiger partial charge < -0.3 is 9.80 Å². The second kappa shape index (κ2) is 6.75. The van der Waals surface area contributed by atoms with Crippen molar-refractivity contribution in [3.05, 3.63) is 54.0 Å². The molecule has 1 unspecified atom stereocenters. The third-order valence-electron chi connectivity index (χ3n) is 4.70. The van der Waals surface area contributed by atoms with Gasteiger partial charge in [0.15, 0.2) is 5.65 Å². The predicted molar refractivity (Wildman–Crippen MR) is 96.0 cm³/mol. The summed E-state index contributed by atoms with van der Waals surface area (Å²) >= 11 is 0. The van der Waals surface area contributed by atoms with Crippen LogP contribution in [-0.4, -0.2) is 66.8 Å². The van der Waals surface area contributed by atoms with E-state index < -0.39 is 0 Å². The van der Waals surface area contributed by atoms with E-state index in [1.165, 1.54) is 29.7 Å². The first-order chi connectivity index (χ1) is 13.1. The van der Waals surface area contributed by atoms with Gasteiger partial charge in [-0.15, -0.1) is 0 Å². The van der Waals surface area contributed by atoms with E-state index in [9.17, 15) is 9.59 Å². The maximum absolute atomic E-state index is 12.9. The van der Waals surface area contributed by atoms with Crippen LogP contribution in [0.4, 0.5) is 0 Å². The maximum atomic E-state index is 12.9. The summed E-state index contributed by atoms with van der Waals surface area (Å²) in [6.07, 6.45) is 9.39. The zero-order chi connectivity index (χ0) is 19.0. The van der Waals surface area contributed by atoms with Gasteiger partial charge in [-0.1, -0.05) is 0 Å². The summed E-state index contributed by atoms with van der Waals surface area (Å²) in [6, 6.07) is 1.68. The van der Waals surface area contributed by atoms with Crippen molar-refractivity contribution in [1.82, 2.24) is 34.4 Å². The summed E-state index contributed by atoms with van der Waals surface area (Å²) in [4.78, 5) is 41.0. The van der Waals surface area contributed by atoms with Crippen molar-refractivity contribution in [1.29, 1.82) is 0 Å². The fourth-order valence-electron chi connectivity index (χ4n) is 3.43. The molecule has 4 heterocycles. The Morgan fingerprint density at radius 2 is 2.00 bits per heavy atom. The number of nitrogens with zero attached hydrogens (tertiary/aromatic N) is 7. The molecule has 0 spiro atoms. The van der Waals surface area contributed by atoms with E-state index in [4.69, 9.17) is 0 Å². The van der Waals surface area contributed by atoms with Gasteiger partial charge in [0.1, 0.15) is 11.3 Å². The van der Waals surface area contributed by atoms with Crippen LogP contribution in [0.25, 0.3) is 5.65 Å². The highest BCUT2D eigenvalue weighted by atomic mass is 16.2. The van der Waals surface area contributed by atoms with Crippen LogP contribution in [0, 0.1) is 0 Å². The van der Waals surface area contributed by atoms with E-state index in [2.05, 4.69) is 20.1 Å². The van der Waals surface area contributed by atoms with E-state index in [0.29, 0.717) is 23.4 Å². The SMILES string of the molecule is CN(C)C(=O)c1cnn2c(C3CCCN3C(=O)c3cnccn3)ccnc12. The number of carbonyl (C=O) groups is 2. The molecule has 3 aromatic heterocycles. The van der Waals surface area contributed by atoms with E-state index in [0.717, 1.165) is 18.5 Å². The van der Waals surface area contributed by atoms with Gasteiger partial charge in [0.05, 0.1) is 24.1 Å². The largest absolute Gasteiger partial charge is 0.345 e. The van der Waals surface area contributed by atoms with Crippen LogP contribution >= 0.6 is 0 Å². The molecule has 9 nitrogen and oxygen atoms in total. The van der Waals surface area contributed by atoms with Crippen molar-refractivity contribution >= 4 is 17.5 Å². The van der Waals surface area contributed by atoms with Gasteiger partial charge in [0, 0.05) is 39.2 Å². The molecule has 0 saturated carbocycles. The minimum absolute atomic E-state index is 0.159. The molecule has 1 saturated heterocycles. The zero-order valence-corrected chi connectivity index (χ0v) is 15.1. The smallest absolute Gasteiger partial charge is 0.274 e. The lowest BCUT2D eigenvalue weighted by Gasteiger charge is -2.24. The molecule has 0 N–H and O–H groups in total. The van der Waals surface area contributed by atoms with Gasteiger partial charge in [-0.25, -0.2) is 14.5 Å². The molecule has 0 aliphatic carbocycles. The standard InChI is InChI=1S/C18H19N7O2/c1-23(2)17(26)12-10-22-25-15(5-6-21-16(12)25)14-4-3-9-24(14)18(27)13-11-19-7-8-20-13/h5-8,10-11,14H,3-4,9H2,1-2H3. The zero-order valence-electron chi connectivity index (χ0n) is 15.1. The molecular weight excluding hydrogens is 346 g/mol. The van der Waals surface area contributed by atoms with E-state index in [-0.39, 0.29) is 17.9 Å². The number of hydrogen-bond acceptors (Lipinski definition) is 6. The number of carbonyl (C=O) groups excluding carboxylic acids is 2. The molecule has 138 valence electrons. The van der Waals surface area contributed by atoms with Gasteiger partial charge in [-0.3, -0.25) is 14.6 Å². The number of likely N-dealkylation sites (tertiary alicyclic amines) is 1. The first-order valence-corrected chi connectivity index (χ1v) is 8.69. The molecule has 0 bridgehead atoms. The molecule has 1 aliphatic rings. The Labute approximate surface area is 155 Å². The lowest BCUT2D eigenvalue weighted by atomic mass is 10.1.